The molecule has 1 amide bonds. The molecule has 0 aliphatic carbocycles. The molecule has 2 N–H and O–H groups in total. The van der Waals surface area contributed by atoms with Crippen molar-refractivity contribution in [1.82, 2.24) is 0 Å². The van der Waals surface area contributed by atoms with Crippen molar-refractivity contribution in [3.63, 3.8) is 0 Å². The number of benzene rings is 1. The third kappa shape index (κ3) is 2.75. The van der Waals surface area contributed by atoms with E-state index < -0.39 is 0 Å². The van der Waals surface area contributed by atoms with Gasteiger partial charge in [0.1, 0.15) is 0 Å². The quantitative estimate of drug-likeness (QED) is 0.819. The van der Waals surface area contributed by atoms with E-state index in [-0.39, 0.29) is 6.09 Å². The Morgan fingerprint density at radius 3 is 3.00 bits per heavy atom. The summed E-state index contributed by atoms with van der Waals surface area (Å²) < 4.78 is 5.29. The van der Waals surface area contributed by atoms with Gasteiger partial charge in [-0.25, -0.2) is 4.79 Å². The molecule has 18 heavy (non-hydrogen) atoms. The second-order valence-electron chi connectivity index (χ2n) is 5.11. The second kappa shape index (κ2) is 5.29. The summed E-state index contributed by atoms with van der Waals surface area (Å²) in [4.78, 5) is 13.7. The Labute approximate surface area is 108 Å². The van der Waals surface area contributed by atoms with Crippen molar-refractivity contribution in [3.05, 3.63) is 23.8 Å². The molecule has 2 rings (SSSR count). The summed E-state index contributed by atoms with van der Waals surface area (Å²) in [5, 5.41) is 0. The summed E-state index contributed by atoms with van der Waals surface area (Å²) in [6.45, 7) is 5.20. The van der Waals surface area contributed by atoms with Gasteiger partial charge in [-0.2, -0.15) is 0 Å². The van der Waals surface area contributed by atoms with Crippen molar-refractivity contribution in [2.75, 3.05) is 23.8 Å². The molecule has 0 aromatic heterocycles. The van der Waals surface area contributed by atoms with E-state index in [4.69, 9.17) is 10.5 Å². The molecule has 0 atom stereocenters. The Morgan fingerprint density at radius 1 is 1.50 bits per heavy atom. The molecule has 0 fully saturated rings. The third-order valence-electron chi connectivity index (χ3n) is 2.99. The van der Waals surface area contributed by atoms with E-state index in [1.54, 1.807) is 4.90 Å². The van der Waals surface area contributed by atoms with Crippen LogP contribution in [0.1, 0.15) is 25.8 Å². The summed E-state index contributed by atoms with van der Waals surface area (Å²) in [6, 6.07) is 5.72. The SMILES string of the molecule is CC(C)COC(=O)N1CCCc2ccc(N)cc21. The first-order valence-electron chi connectivity index (χ1n) is 6.40. The number of anilines is 2. The van der Waals surface area contributed by atoms with E-state index in [1.165, 1.54) is 0 Å². The average Bonchev–Trinajstić information content (AvgIpc) is 2.35. The van der Waals surface area contributed by atoms with Gasteiger partial charge in [0.2, 0.25) is 0 Å². The van der Waals surface area contributed by atoms with Crippen LogP contribution in [0.4, 0.5) is 16.2 Å². The number of aryl methyl sites for hydroxylation is 1. The number of carbonyl (C=O) groups is 1. The van der Waals surface area contributed by atoms with E-state index in [9.17, 15) is 4.79 Å². The molecule has 1 aliphatic rings. The number of hydrogen-bond acceptors (Lipinski definition) is 3. The summed E-state index contributed by atoms with van der Waals surface area (Å²) in [6.07, 6.45) is 1.69. The zero-order valence-corrected chi connectivity index (χ0v) is 11.0. The maximum atomic E-state index is 12.0. The number of carbonyl (C=O) groups excluding carboxylic acids is 1. The van der Waals surface area contributed by atoms with Gasteiger partial charge in [0.15, 0.2) is 0 Å². The fourth-order valence-corrected chi connectivity index (χ4v) is 2.10. The smallest absolute Gasteiger partial charge is 0.414 e. The Morgan fingerprint density at radius 2 is 2.28 bits per heavy atom. The Balaban J connectivity index is 2.16. The highest BCUT2D eigenvalue weighted by atomic mass is 16.6. The lowest BCUT2D eigenvalue weighted by molar-refractivity contribution is 0.139. The van der Waals surface area contributed by atoms with Crippen molar-refractivity contribution in [1.29, 1.82) is 0 Å². The van der Waals surface area contributed by atoms with Crippen LogP contribution in [0.3, 0.4) is 0 Å². The lowest BCUT2D eigenvalue weighted by Gasteiger charge is -2.29. The molecule has 98 valence electrons. The first-order valence-corrected chi connectivity index (χ1v) is 6.40. The van der Waals surface area contributed by atoms with Crippen LogP contribution in [-0.2, 0) is 11.2 Å². The number of hydrogen-bond donors (Lipinski definition) is 1. The summed E-state index contributed by atoms with van der Waals surface area (Å²) in [5.74, 6) is 0.346. The van der Waals surface area contributed by atoms with Gasteiger partial charge < -0.3 is 10.5 Å². The number of ether oxygens (including phenoxy) is 1. The van der Waals surface area contributed by atoms with E-state index in [0.29, 0.717) is 24.8 Å². The highest BCUT2D eigenvalue weighted by Crippen LogP contribution is 2.29. The van der Waals surface area contributed by atoms with E-state index in [0.717, 1.165) is 24.1 Å². The lowest BCUT2D eigenvalue weighted by atomic mass is 10.0. The van der Waals surface area contributed by atoms with Crippen LogP contribution in [-0.4, -0.2) is 19.2 Å². The average molecular weight is 248 g/mol. The minimum Gasteiger partial charge on any atom is -0.449 e. The van der Waals surface area contributed by atoms with E-state index in [1.807, 2.05) is 32.0 Å². The number of rotatable bonds is 2. The first kappa shape index (κ1) is 12.7. The Hall–Kier alpha value is -1.71. The molecular formula is C14H20N2O2. The van der Waals surface area contributed by atoms with Crippen LogP contribution in [0.5, 0.6) is 0 Å². The largest absolute Gasteiger partial charge is 0.449 e. The molecule has 1 heterocycles. The molecule has 0 spiro atoms. The van der Waals surface area contributed by atoms with Gasteiger partial charge in [-0.15, -0.1) is 0 Å². The molecule has 0 saturated carbocycles. The molecule has 0 unspecified atom stereocenters. The van der Waals surface area contributed by atoms with Gasteiger partial charge in [-0.1, -0.05) is 19.9 Å². The van der Waals surface area contributed by atoms with Gasteiger partial charge in [0, 0.05) is 12.2 Å². The van der Waals surface area contributed by atoms with E-state index in [2.05, 4.69) is 0 Å². The maximum Gasteiger partial charge on any atom is 0.414 e. The standard InChI is InChI=1S/C14H20N2O2/c1-10(2)9-18-14(17)16-7-3-4-11-5-6-12(15)8-13(11)16/h5-6,8,10H,3-4,7,9,15H2,1-2H3. The van der Waals surface area contributed by atoms with Gasteiger partial charge in [-0.05, 0) is 36.5 Å². The second-order valence-corrected chi connectivity index (χ2v) is 5.11. The fraction of sp³-hybridized carbons (Fsp3) is 0.500. The number of nitrogen functional groups attached to an aromatic ring is 1. The Bertz CT molecular complexity index is 443. The highest BCUT2D eigenvalue weighted by molar-refractivity contribution is 5.90. The molecule has 0 bridgehead atoms. The van der Waals surface area contributed by atoms with Crippen LogP contribution in [0.25, 0.3) is 0 Å². The van der Waals surface area contributed by atoms with Crippen molar-refractivity contribution in [2.45, 2.75) is 26.7 Å². The van der Waals surface area contributed by atoms with Gasteiger partial charge in [0.05, 0.1) is 12.3 Å². The van der Waals surface area contributed by atoms with Gasteiger partial charge in [0.25, 0.3) is 0 Å². The van der Waals surface area contributed by atoms with Crippen molar-refractivity contribution >= 4 is 17.5 Å². The van der Waals surface area contributed by atoms with Crippen LogP contribution in [0.2, 0.25) is 0 Å². The minimum absolute atomic E-state index is 0.268. The fourth-order valence-electron chi connectivity index (χ4n) is 2.10. The highest BCUT2D eigenvalue weighted by Gasteiger charge is 2.23. The monoisotopic (exact) mass is 248 g/mol. The maximum absolute atomic E-state index is 12.0. The number of nitrogens with zero attached hydrogens (tertiary/aromatic N) is 1. The van der Waals surface area contributed by atoms with Crippen LogP contribution >= 0.6 is 0 Å². The summed E-state index contributed by atoms with van der Waals surface area (Å²) in [7, 11) is 0. The topological polar surface area (TPSA) is 55.6 Å². The third-order valence-corrected chi connectivity index (χ3v) is 2.99. The predicted molar refractivity (Wildman–Crippen MR) is 72.7 cm³/mol. The zero-order valence-electron chi connectivity index (χ0n) is 11.0. The molecule has 4 heteroatoms. The first-order chi connectivity index (χ1) is 8.58. The minimum atomic E-state index is -0.268. The van der Waals surface area contributed by atoms with Crippen molar-refractivity contribution < 1.29 is 9.53 Å². The normalized spacial score (nSPS) is 14.5. The van der Waals surface area contributed by atoms with Crippen LogP contribution in [0.15, 0.2) is 18.2 Å². The van der Waals surface area contributed by atoms with Crippen molar-refractivity contribution in [2.24, 2.45) is 5.92 Å². The van der Waals surface area contributed by atoms with Crippen molar-refractivity contribution in [3.8, 4) is 0 Å². The Kier molecular flexibility index (Phi) is 3.75. The molecule has 4 nitrogen and oxygen atoms in total. The molecule has 0 radical (unpaired) electrons. The van der Waals surface area contributed by atoms with Gasteiger partial charge in [-0.3, -0.25) is 4.90 Å². The number of fused-ring (bicyclic) bond motifs is 1. The van der Waals surface area contributed by atoms with Crippen LogP contribution < -0.4 is 10.6 Å². The molecule has 1 aromatic carbocycles. The number of amides is 1. The van der Waals surface area contributed by atoms with E-state index >= 15 is 0 Å². The van der Waals surface area contributed by atoms with Gasteiger partial charge >= 0.3 is 6.09 Å². The molecular weight excluding hydrogens is 228 g/mol. The number of nitrogens with two attached hydrogens (primary N) is 1. The lowest BCUT2D eigenvalue weighted by Crippen LogP contribution is -2.36. The molecule has 1 aliphatic heterocycles. The predicted octanol–water partition coefficient (Wildman–Crippen LogP) is 2.81. The molecule has 0 saturated heterocycles. The van der Waals surface area contributed by atoms with Crippen LogP contribution in [0, 0.1) is 5.92 Å². The zero-order chi connectivity index (χ0) is 13.1. The molecule has 1 aromatic rings. The summed E-state index contributed by atoms with van der Waals surface area (Å²) in [5.41, 5.74) is 8.53. The summed E-state index contributed by atoms with van der Waals surface area (Å²) >= 11 is 0.